The molecule has 2 aromatic heterocycles. The van der Waals surface area contributed by atoms with E-state index in [0.717, 1.165) is 21.8 Å². The van der Waals surface area contributed by atoms with E-state index in [1.165, 1.54) is 24.3 Å². The maximum absolute atomic E-state index is 14.0. The summed E-state index contributed by atoms with van der Waals surface area (Å²) in [6, 6.07) is 20.8. The summed E-state index contributed by atoms with van der Waals surface area (Å²) in [5, 5.41) is 2.93. The minimum Gasteiger partial charge on any atom is -0.462 e. The van der Waals surface area contributed by atoms with E-state index in [2.05, 4.69) is 9.97 Å². The molecule has 4 aromatic carbocycles. The first-order valence-corrected chi connectivity index (χ1v) is 11.0. The first kappa shape index (κ1) is 20.2. The van der Waals surface area contributed by atoms with Crippen molar-refractivity contribution in [2.45, 2.75) is 6.92 Å². The van der Waals surface area contributed by atoms with E-state index in [1.54, 1.807) is 6.92 Å². The molecule has 2 N–H and O–H groups in total. The van der Waals surface area contributed by atoms with E-state index in [4.69, 9.17) is 4.74 Å². The summed E-state index contributed by atoms with van der Waals surface area (Å²) in [5.74, 6) is -1.14. The molecule has 0 bridgehead atoms. The molecule has 0 atom stereocenters. The van der Waals surface area contributed by atoms with Gasteiger partial charge in [-0.3, -0.25) is 4.79 Å². The fraction of sp³-hybridized carbons (Fsp3) is 0.0714. The largest absolute Gasteiger partial charge is 0.462 e. The molecule has 0 saturated heterocycles. The fourth-order valence-electron chi connectivity index (χ4n) is 4.81. The van der Waals surface area contributed by atoms with Crippen LogP contribution < -0.4 is 0 Å². The maximum Gasteiger partial charge on any atom is 0.342 e. The third-order valence-electron chi connectivity index (χ3n) is 6.23. The highest BCUT2D eigenvalue weighted by Gasteiger charge is 2.29. The van der Waals surface area contributed by atoms with Gasteiger partial charge in [0.05, 0.1) is 17.6 Å². The molecule has 6 rings (SSSR count). The lowest BCUT2D eigenvalue weighted by Crippen LogP contribution is -2.10. The molecule has 2 heterocycles. The van der Waals surface area contributed by atoms with Gasteiger partial charge in [0.1, 0.15) is 11.4 Å². The van der Waals surface area contributed by atoms with Crippen LogP contribution in [0.4, 0.5) is 4.39 Å². The zero-order chi connectivity index (χ0) is 23.4. The number of carbonyl (C=O) groups is 2. The quantitative estimate of drug-likeness (QED) is 0.238. The highest BCUT2D eigenvalue weighted by molar-refractivity contribution is 6.36. The molecule has 0 radical (unpaired) electrons. The lowest BCUT2D eigenvalue weighted by Gasteiger charge is -2.11. The molecule has 0 aliphatic rings. The van der Waals surface area contributed by atoms with Crippen LogP contribution in [-0.2, 0) is 4.74 Å². The molecule has 0 amide bonds. The van der Waals surface area contributed by atoms with E-state index in [-0.39, 0.29) is 12.4 Å². The van der Waals surface area contributed by atoms with Crippen LogP contribution in [0.3, 0.4) is 0 Å². The summed E-state index contributed by atoms with van der Waals surface area (Å²) in [7, 11) is 0. The van der Waals surface area contributed by atoms with Crippen molar-refractivity contribution >= 4 is 55.4 Å². The number of rotatable bonds is 4. The average molecular weight is 450 g/mol. The lowest BCUT2D eigenvalue weighted by molar-refractivity contribution is 0.0530. The number of hydrogen-bond donors (Lipinski definition) is 2. The standard InChI is InChI=1S/C28H19FN2O3/c1-2-34-28(33)24-25-21(17-7-3-5-9-19(17)30-25)23(27(32)15-11-13-16(29)14-12-15)22-18-8-4-6-10-20(18)31-26(22)24/h3-14,30-31H,2H2,1H3. The topological polar surface area (TPSA) is 75.0 Å². The first-order valence-electron chi connectivity index (χ1n) is 11.0. The minimum absolute atomic E-state index is 0.221. The lowest BCUT2D eigenvalue weighted by atomic mass is 9.91. The molecule has 0 aliphatic carbocycles. The van der Waals surface area contributed by atoms with Gasteiger partial charge in [-0.05, 0) is 43.3 Å². The monoisotopic (exact) mass is 450 g/mol. The predicted octanol–water partition coefficient (Wildman–Crippen LogP) is 6.50. The van der Waals surface area contributed by atoms with Crippen molar-refractivity contribution in [3.8, 4) is 0 Å². The third-order valence-corrected chi connectivity index (χ3v) is 6.23. The number of hydrogen-bond acceptors (Lipinski definition) is 3. The van der Waals surface area contributed by atoms with Crippen LogP contribution in [0, 0.1) is 5.82 Å². The van der Waals surface area contributed by atoms with Crippen LogP contribution in [0.25, 0.3) is 43.6 Å². The van der Waals surface area contributed by atoms with Gasteiger partial charge in [0.15, 0.2) is 5.78 Å². The molecule has 6 heteroatoms. The van der Waals surface area contributed by atoms with E-state index < -0.39 is 11.8 Å². The van der Waals surface area contributed by atoms with Crippen molar-refractivity contribution in [3.63, 3.8) is 0 Å². The molecule has 0 aliphatic heterocycles. The van der Waals surface area contributed by atoms with Crippen LogP contribution in [0.1, 0.15) is 33.2 Å². The van der Waals surface area contributed by atoms with Crippen molar-refractivity contribution < 1.29 is 18.7 Å². The number of ether oxygens (including phenoxy) is 1. The van der Waals surface area contributed by atoms with E-state index in [9.17, 15) is 14.0 Å². The second-order valence-corrected chi connectivity index (χ2v) is 8.15. The van der Waals surface area contributed by atoms with Gasteiger partial charge < -0.3 is 14.7 Å². The number of benzene rings is 4. The second-order valence-electron chi connectivity index (χ2n) is 8.15. The smallest absolute Gasteiger partial charge is 0.342 e. The number of ketones is 1. The maximum atomic E-state index is 14.0. The number of carbonyl (C=O) groups excluding carboxylic acids is 2. The summed E-state index contributed by atoms with van der Waals surface area (Å²) in [5.41, 5.74) is 3.84. The Kier molecular flexibility index (Phi) is 4.48. The molecule has 5 nitrogen and oxygen atoms in total. The molecule has 6 aromatic rings. The molecule has 0 unspecified atom stereocenters. The zero-order valence-electron chi connectivity index (χ0n) is 18.2. The molecule has 0 spiro atoms. The zero-order valence-corrected chi connectivity index (χ0v) is 18.2. The predicted molar refractivity (Wildman–Crippen MR) is 131 cm³/mol. The van der Waals surface area contributed by atoms with Gasteiger partial charge in [0.25, 0.3) is 0 Å². The van der Waals surface area contributed by atoms with Crippen molar-refractivity contribution in [1.29, 1.82) is 0 Å². The fourth-order valence-corrected chi connectivity index (χ4v) is 4.81. The first-order chi connectivity index (χ1) is 16.6. The van der Waals surface area contributed by atoms with Crippen molar-refractivity contribution in [1.82, 2.24) is 9.97 Å². The van der Waals surface area contributed by atoms with E-state index in [0.29, 0.717) is 38.5 Å². The Balaban J connectivity index is 1.86. The number of aromatic amines is 2. The number of H-pyrrole nitrogens is 2. The number of para-hydroxylation sites is 2. The van der Waals surface area contributed by atoms with Gasteiger partial charge in [0.2, 0.25) is 0 Å². The molecule has 0 saturated carbocycles. The molecular formula is C28H19FN2O3. The SMILES string of the molecule is CCOC(=O)c1c2[nH]c3ccccc3c2c(C(=O)c2ccc(F)cc2)c2c1[nH]c1ccccc12. The van der Waals surface area contributed by atoms with Gasteiger partial charge in [-0.15, -0.1) is 0 Å². The number of esters is 1. The van der Waals surface area contributed by atoms with E-state index in [1.807, 2.05) is 48.5 Å². The summed E-state index contributed by atoms with van der Waals surface area (Å²) in [6.07, 6.45) is 0. The van der Waals surface area contributed by atoms with Crippen LogP contribution in [0.2, 0.25) is 0 Å². The minimum atomic E-state index is -0.476. The number of nitrogens with one attached hydrogen (secondary N) is 2. The summed E-state index contributed by atoms with van der Waals surface area (Å²) in [4.78, 5) is 33.9. The Bertz CT molecular complexity index is 1670. The summed E-state index contributed by atoms with van der Waals surface area (Å²) in [6.45, 7) is 1.98. The summed E-state index contributed by atoms with van der Waals surface area (Å²) >= 11 is 0. The Morgan fingerprint density at radius 3 is 1.82 bits per heavy atom. The van der Waals surface area contributed by atoms with Gasteiger partial charge in [-0.1, -0.05) is 36.4 Å². The highest BCUT2D eigenvalue weighted by atomic mass is 19.1. The van der Waals surface area contributed by atoms with Gasteiger partial charge >= 0.3 is 5.97 Å². The Labute approximate surface area is 193 Å². The van der Waals surface area contributed by atoms with Crippen LogP contribution in [-0.4, -0.2) is 28.3 Å². The number of halogens is 1. The van der Waals surface area contributed by atoms with Crippen LogP contribution in [0.5, 0.6) is 0 Å². The highest BCUT2D eigenvalue weighted by Crippen LogP contribution is 2.41. The van der Waals surface area contributed by atoms with Crippen LogP contribution in [0.15, 0.2) is 72.8 Å². The second kappa shape index (κ2) is 7.56. The Morgan fingerprint density at radius 1 is 0.765 bits per heavy atom. The Hall–Kier alpha value is -4.45. The number of aromatic nitrogens is 2. The normalized spacial score (nSPS) is 11.6. The van der Waals surface area contributed by atoms with Crippen LogP contribution >= 0.6 is 0 Å². The van der Waals surface area contributed by atoms with Gasteiger partial charge in [0, 0.05) is 43.7 Å². The molecule has 0 fully saturated rings. The van der Waals surface area contributed by atoms with Crippen molar-refractivity contribution in [2.24, 2.45) is 0 Å². The number of fused-ring (bicyclic) bond motifs is 6. The molecular weight excluding hydrogens is 431 g/mol. The van der Waals surface area contributed by atoms with Crippen molar-refractivity contribution in [3.05, 3.63) is 95.3 Å². The summed E-state index contributed by atoms with van der Waals surface area (Å²) < 4.78 is 19.0. The van der Waals surface area contributed by atoms with E-state index >= 15 is 0 Å². The third kappa shape index (κ3) is 2.85. The molecule has 34 heavy (non-hydrogen) atoms. The van der Waals surface area contributed by atoms with Crippen molar-refractivity contribution in [2.75, 3.05) is 6.61 Å². The van der Waals surface area contributed by atoms with Gasteiger partial charge in [-0.25, -0.2) is 9.18 Å². The average Bonchev–Trinajstić information content (AvgIpc) is 3.41. The Morgan fingerprint density at radius 2 is 1.29 bits per heavy atom. The molecule has 166 valence electrons. The van der Waals surface area contributed by atoms with Gasteiger partial charge in [-0.2, -0.15) is 0 Å².